The molecule has 0 radical (unpaired) electrons. The minimum atomic E-state index is -0.596. The van der Waals surface area contributed by atoms with Crippen LogP contribution in [-0.4, -0.2) is 63.1 Å². The van der Waals surface area contributed by atoms with Crippen molar-refractivity contribution >= 4 is 40.5 Å². The average Bonchev–Trinajstić information content (AvgIpc) is 3.67. The van der Waals surface area contributed by atoms with Crippen LogP contribution < -0.4 is 16.0 Å². The number of hydrogen-bond acceptors (Lipinski definition) is 9. The second kappa shape index (κ2) is 14.0. The predicted molar refractivity (Wildman–Crippen MR) is 194 cm³/mol. The molecule has 52 heavy (non-hydrogen) atoms. The number of fused-ring (bicyclic) bond motifs is 2. The molecule has 1 amide bonds. The molecule has 2 aromatic heterocycles. The van der Waals surface area contributed by atoms with Crippen LogP contribution in [0.2, 0.25) is 5.02 Å². The van der Waals surface area contributed by atoms with Gasteiger partial charge in [0.05, 0.1) is 11.2 Å². The Balaban J connectivity index is 1.08. The van der Waals surface area contributed by atoms with E-state index < -0.39 is 11.5 Å². The molecule has 0 spiro atoms. The molecule has 2 aliphatic heterocycles. The van der Waals surface area contributed by atoms with E-state index in [2.05, 4.69) is 15.4 Å². The van der Waals surface area contributed by atoms with Gasteiger partial charge in [-0.1, -0.05) is 77.4 Å². The van der Waals surface area contributed by atoms with Crippen LogP contribution in [0.3, 0.4) is 0 Å². The van der Waals surface area contributed by atoms with Gasteiger partial charge in [-0.2, -0.15) is 5.10 Å². The fraction of sp³-hybridized carbons (Fsp3) is 0.342. The first-order chi connectivity index (χ1) is 25.4. The molecule has 3 fully saturated rings. The number of anilines is 1. The van der Waals surface area contributed by atoms with E-state index in [9.17, 15) is 4.79 Å². The van der Waals surface area contributed by atoms with Crippen LogP contribution in [0.15, 0.2) is 84.1 Å². The SMILES string of the molecule is NC(=NO)c1ccc(-c2nn(C3CCCCO3)c3nc(N4CC[C@@H]5[C@H](C4)[C@@]5(CNC(=O)OCc4ccccc4)c4ccccc4F)cnc23)c(Cl)c1. The molecule has 14 heteroatoms. The predicted octanol–water partition coefficient (Wildman–Crippen LogP) is 6.40. The number of amides is 1. The Morgan fingerprint density at radius 3 is 2.71 bits per heavy atom. The van der Waals surface area contributed by atoms with Gasteiger partial charge in [0.25, 0.3) is 0 Å². The minimum Gasteiger partial charge on any atom is -0.445 e. The molecular weight excluding hydrogens is 687 g/mol. The maximum absolute atomic E-state index is 15.5. The Morgan fingerprint density at radius 2 is 1.94 bits per heavy atom. The summed E-state index contributed by atoms with van der Waals surface area (Å²) in [5.74, 6) is 0.550. The Morgan fingerprint density at radius 1 is 1.12 bits per heavy atom. The largest absolute Gasteiger partial charge is 0.445 e. The molecule has 8 rings (SSSR count). The van der Waals surface area contributed by atoms with Gasteiger partial charge in [0.2, 0.25) is 0 Å². The number of rotatable bonds is 9. The fourth-order valence-corrected chi connectivity index (χ4v) is 8.32. The lowest BCUT2D eigenvalue weighted by molar-refractivity contribution is -0.0368. The first kappa shape index (κ1) is 33.9. The summed E-state index contributed by atoms with van der Waals surface area (Å²) in [6.45, 7) is 2.29. The maximum atomic E-state index is 15.5. The quantitative estimate of drug-likeness (QED) is 0.0679. The highest BCUT2D eigenvalue weighted by Gasteiger charge is 2.67. The first-order valence-corrected chi connectivity index (χ1v) is 17.8. The highest BCUT2D eigenvalue weighted by Crippen LogP contribution is 2.63. The second-order valence-corrected chi connectivity index (χ2v) is 14.0. The molecule has 1 aliphatic carbocycles. The summed E-state index contributed by atoms with van der Waals surface area (Å²) in [7, 11) is 0. The fourth-order valence-electron chi connectivity index (χ4n) is 8.05. The van der Waals surface area contributed by atoms with E-state index in [1.54, 1.807) is 35.1 Å². The molecule has 4 heterocycles. The van der Waals surface area contributed by atoms with E-state index in [1.807, 2.05) is 42.5 Å². The van der Waals surface area contributed by atoms with Crippen molar-refractivity contribution in [2.24, 2.45) is 22.7 Å². The molecule has 4 N–H and O–H groups in total. The number of carbonyl (C=O) groups is 1. The third kappa shape index (κ3) is 6.17. The molecule has 5 aromatic rings. The van der Waals surface area contributed by atoms with Gasteiger partial charge < -0.3 is 30.6 Å². The van der Waals surface area contributed by atoms with Crippen molar-refractivity contribution in [2.45, 2.75) is 43.9 Å². The number of carbonyl (C=O) groups excluding carboxylic acids is 1. The minimum absolute atomic E-state index is 0.0545. The summed E-state index contributed by atoms with van der Waals surface area (Å²) in [5.41, 5.74) is 9.47. The number of aromatic nitrogens is 4. The van der Waals surface area contributed by atoms with E-state index in [0.29, 0.717) is 64.1 Å². The van der Waals surface area contributed by atoms with E-state index in [1.165, 1.54) is 6.07 Å². The molecule has 12 nitrogen and oxygen atoms in total. The number of nitrogens with zero attached hydrogens (tertiary/aromatic N) is 6. The summed E-state index contributed by atoms with van der Waals surface area (Å²) in [5, 5.41) is 20.5. The highest BCUT2D eigenvalue weighted by atomic mass is 35.5. The van der Waals surface area contributed by atoms with Crippen LogP contribution in [0.1, 0.15) is 48.6 Å². The van der Waals surface area contributed by atoms with Crippen molar-refractivity contribution in [3.8, 4) is 11.3 Å². The topological polar surface area (TPSA) is 153 Å². The first-order valence-electron chi connectivity index (χ1n) is 17.5. The van der Waals surface area contributed by atoms with Crippen LogP contribution in [-0.2, 0) is 21.5 Å². The lowest BCUT2D eigenvalue weighted by Gasteiger charge is -2.27. The van der Waals surface area contributed by atoms with Crippen molar-refractivity contribution < 1.29 is 23.9 Å². The van der Waals surface area contributed by atoms with Gasteiger partial charge >= 0.3 is 6.09 Å². The molecule has 268 valence electrons. The van der Waals surface area contributed by atoms with E-state index in [4.69, 9.17) is 47.1 Å². The van der Waals surface area contributed by atoms with Gasteiger partial charge in [0.15, 0.2) is 17.7 Å². The van der Waals surface area contributed by atoms with Crippen molar-refractivity contribution in [3.05, 3.63) is 107 Å². The summed E-state index contributed by atoms with van der Waals surface area (Å²) < 4.78 is 28.9. The van der Waals surface area contributed by atoms with Gasteiger partial charge in [-0.05, 0) is 60.8 Å². The summed E-state index contributed by atoms with van der Waals surface area (Å²) in [6.07, 6.45) is 4.40. The summed E-state index contributed by atoms with van der Waals surface area (Å²) >= 11 is 6.72. The van der Waals surface area contributed by atoms with E-state index >= 15 is 4.39 Å². The van der Waals surface area contributed by atoms with Gasteiger partial charge in [0, 0.05) is 42.8 Å². The zero-order valence-corrected chi connectivity index (χ0v) is 29.0. The Kier molecular flexibility index (Phi) is 9.14. The lowest BCUT2D eigenvalue weighted by atomic mass is 9.90. The number of hydrogen-bond donors (Lipinski definition) is 3. The third-order valence-corrected chi connectivity index (χ3v) is 11.0. The van der Waals surface area contributed by atoms with Gasteiger partial charge in [0.1, 0.15) is 29.5 Å². The summed E-state index contributed by atoms with van der Waals surface area (Å²) in [4.78, 5) is 25.1. The highest BCUT2D eigenvalue weighted by molar-refractivity contribution is 6.34. The van der Waals surface area contributed by atoms with Gasteiger partial charge in [-0.15, -0.1) is 0 Å². The lowest BCUT2D eigenvalue weighted by Crippen LogP contribution is -2.36. The third-order valence-electron chi connectivity index (χ3n) is 10.7. The Labute approximate surface area is 304 Å². The zero-order valence-electron chi connectivity index (χ0n) is 28.3. The van der Waals surface area contributed by atoms with Crippen molar-refractivity contribution in [1.29, 1.82) is 0 Å². The summed E-state index contributed by atoms with van der Waals surface area (Å²) in [6, 6.07) is 21.4. The molecule has 2 saturated heterocycles. The number of amidine groups is 1. The molecule has 3 aliphatic rings. The molecule has 1 unspecified atom stereocenters. The Bertz CT molecular complexity index is 2140. The maximum Gasteiger partial charge on any atom is 0.407 e. The van der Waals surface area contributed by atoms with Crippen LogP contribution in [0.5, 0.6) is 0 Å². The van der Waals surface area contributed by atoms with Crippen LogP contribution >= 0.6 is 11.6 Å². The van der Waals surface area contributed by atoms with Crippen molar-refractivity contribution in [3.63, 3.8) is 0 Å². The molecule has 3 aromatic carbocycles. The van der Waals surface area contributed by atoms with Gasteiger partial charge in [-0.3, -0.25) is 0 Å². The second-order valence-electron chi connectivity index (χ2n) is 13.6. The number of alkyl carbamates (subject to hydrolysis) is 1. The average molecular weight is 725 g/mol. The van der Waals surface area contributed by atoms with Crippen LogP contribution in [0.25, 0.3) is 22.4 Å². The zero-order chi connectivity index (χ0) is 35.8. The van der Waals surface area contributed by atoms with E-state index in [0.717, 1.165) is 31.2 Å². The van der Waals surface area contributed by atoms with Crippen LogP contribution in [0, 0.1) is 17.7 Å². The Hall–Kier alpha value is -5.27. The number of nitrogens with one attached hydrogen (secondary N) is 1. The van der Waals surface area contributed by atoms with Crippen LogP contribution in [0.4, 0.5) is 15.0 Å². The van der Waals surface area contributed by atoms with Crippen molar-refractivity contribution in [2.75, 3.05) is 31.1 Å². The monoisotopic (exact) mass is 724 g/mol. The number of benzene rings is 3. The van der Waals surface area contributed by atoms with Crippen molar-refractivity contribution in [1.82, 2.24) is 25.1 Å². The molecular formula is C38H38ClFN8O4. The number of nitrogens with two attached hydrogens (primary N) is 1. The van der Waals surface area contributed by atoms with E-state index in [-0.39, 0.29) is 42.9 Å². The van der Waals surface area contributed by atoms with Gasteiger partial charge in [-0.25, -0.2) is 23.8 Å². The number of oxime groups is 1. The number of ether oxygens (including phenoxy) is 2. The smallest absolute Gasteiger partial charge is 0.407 e. The standard InChI is InChI=1S/C38H38ClFN8O4/c39-29-18-24(35(41)46-50)13-14-25(29)33-34-36(48(45-33)32-12-6-7-17-51-32)44-31(19-42-34)47-16-15-26-28(20-47)38(26,27-10-4-5-11-30(27)40)22-43-37(49)52-21-23-8-2-1-3-9-23/h1-5,8-11,13-14,18-19,26,28,32,50H,6-7,12,15-17,20-22H2,(H2,41,46)(H,43,49)/t26-,28+,32?,38-/m1/s1. The normalized spacial score (nSPS) is 22.9. The molecule has 0 bridgehead atoms. The number of halogens is 2. The molecule has 1 saturated carbocycles. The molecule has 4 atom stereocenters. The number of piperidine rings is 1.